The van der Waals surface area contributed by atoms with Gasteiger partial charge in [-0.05, 0) is 24.1 Å². The van der Waals surface area contributed by atoms with Crippen LogP contribution < -0.4 is 0 Å². The summed E-state index contributed by atoms with van der Waals surface area (Å²) in [6, 6.07) is 6.44. The van der Waals surface area contributed by atoms with E-state index in [1.807, 2.05) is 6.07 Å². The van der Waals surface area contributed by atoms with Crippen LogP contribution in [0.5, 0.6) is 0 Å². The van der Waals surface area contributed by atoms with Crippen molar-refractivity contribution in [3.8, 4) is 6.07 Å². The molecule has 0 aliphatic carbocycles. The molecular formula is C12H11NO4. The number of carbonyl (C=O) groups is 2. The second kappa shape index (κ2) is 5.66. The number of rotatable bonds is 4. The van der Waals surface area contributed by atoms with Gasteiger partial charge in [0, 0.05) is 6.42 Å². The van der Waals surface area contributed by atoms with Crippen molar-refractivity contribution >= 4 is 11.9 Å². The maximum atomic E-state index is 11.2. The van der Waals surface area contributed by atoms with Crippen molar-refractivity contribution in [1.82, 2.24) is 0 Å². The Labute approximate surface area is 98.2 Å². The predicted octanol–water partition coefficient (Wildman–Crippen LogP) is 1.36. The van der Waals surface area contributed by atoms with Crippen LogP contribution in [0.3, 0.4) is 0 Å². The summed E-state index contributed by atoms with van der Waals surface area (Å²) in [5, 5.41) is 17.5. The molecule has 0 bridgehead atoms. The topological polar surface area (TPSA) is 87.4 Å². The summed E-state index contributed by atoms with van der Waals surface area (Å²) in [5.41, 5.74) is 1.19. The molecule has 0 atom stereocenters. The van der Waals surface area contributed by atoms with Gasteiger partial charge in [-0.15, -0.1) is 0 Å². The lowest BCUT2D eigenvalue weighted by atomic mass is 10.0. The van der Waals surface area contributed by atoms with Crippen LogP contribution in [0.15, 0.2) is 18.2 Å². The summed E-state index contributed by atoms with van der Waals surface area (Å²) in [6.07, 6.45) is 0.214. The van der Waals surface area contributed by atoms with Gasteiger partial charge in [-0.25, -0.2) is 4.79 Å². The van der Waals surface area contributed by atoms with E-state index in [1.165, 1.54) is 19.2 Å². The summed E-state index contributed by atoms with van der Waals surface area (Å²) in [7, 11) is 1.26. The van der Waals surface area contributed by atoms with E-state index < -0.39 is 11.9 Å². The number of esters is 1. The highest BCUT2D eigenvalue weighted by Crippen LogP contribution is 2.14. The first-order valence-electron chi connectivity index (χ1n) is 4.91. The number of nitrogens with zero attached hydrogens (tertiary/aromatic N) is 1. The van der Waals surface area contributed by atoms with Gasteiger partial charge in [0.1, 0.15) is 0 Å². The molecule has 0 heterocycles. The molecule has 1 rings (SSSR count). The van der Waals surface area contributed by atoms with Gasteiger partial charge >= 0.3 is 11.9 Å². The van der Waals surface area contributed by atoms with Crippen LogP contribution in [0, 0.1) is 11.3 Å². The van der Waals surface area contributed by atoms with E-state index in [-0.39, 0.29) is 18.4 Å². The van der Waals surface area contributed by atoms with E-state index >= 15 is 0 Å². The summed E-state index contributed by atoms with van der Waals surface area (Å²) in [4.78, 5) is 21.7. The second-order valence-electron chi connectivity index (χ2n) is 3.37. The molecule has 0 fully saturated rings. The Kier molecular flexibility index (Phi) is 4.23. The van der Waals surface area contributed by atoms with Crippen LogP contribution in [0.25, 0.3) is 0 Å². The van der Waals surface area contributed by atoms with Gasteiger partial charge in [-0.2, -0.15) is 5.26 Å². The van der Waals surface area contributed by atoms with E-state index in [1.54, 1.807) is 6.07 Å². The predicted molar refractivity (Wildman–Crippen MR) is 58.5 cm³/mol. The Morgan fingerprint density at radius 3 is 2.71 bits per heavy atom. The number of aliphatic carboxylic acids is 1. The lowest BCUT2D eigenvalue weighted by molar-refractivity contribution is -0.136. The molecule has 0 amide bonds. The summed E-state index contributed by atoms with van der Waals surface area (Å²) < 4.78 is 4.53. The molecule has 5 nitrogen and oxygen atoms in total. The molecule has 0 spiro atoms. The first-order chi connectivity index (χ1) is 8.08. The lowest BCUT2D eigenvalue weighted by Gasteiger charge is -2.04. The lowest BCUT2D eigenvalue weighted by Crippen LogP contribution is -2.04. The van der Waals surface area contributed by atoms with E-state index in [4.69, 9.17) is 10.4 Å². The molecule has 0 radical (unpaired) electrons. The smallest absolute Gasteiger partial charge is 0.337 e. The zero-order chi connectivity index (χ0) is 12.8. The molecule has 0 saturated carbocycles. The largest absolute Gasteiger partial charge is 0.481 e. The molecule has 1 N–H and O–H groups in total. The van der Waals surface area contributed by atoms with Crippen LogP contribution in [0.1, 0.15) is 27.9 Å². The fraction of sp³-hybridized carbons (Fsp3) is 0.250. The van der Waals surface area contributed by atoms with E-state index in [9.17, 15) is 9.59 Å². The number of hydrogen-bond acceptors (Lipinski definition) is 4. The third-order valence-electron chi connectivity index (χ3n) is 2.26. The van der Waals surface area contributed by atoms with Crippen molar-refractivity contribution in [2.24, 2.45) is 0 Å². The Hall–Kier alpha value is -2.35. The van der Waals surface area contributed by atoms with E-state index in [2.05, 4.69) is 4.74 Å². The van der Waals surface area contributed by atoms with E-state index in [0.29, 0.717) is 11.1 Å². The van der Waals surface area contributed by atoms with Gasteiger partial charge < -0.3 is 9.84 Å². The summed E-state index contributed by atoms with van der Waals surface area (Å²) >= 11 is 0. The van der Waals surface area contributed by atoms with Crippen LogP contribution in [-0.4, -0.2) is 24.2 Å². The fourth-order valence-electron chi connectivity index (χ4n) is 1.38. The van der Waals surface area contributed by atoms with Crippen molar-refractivity contribution in [1.29, 1.82) is 5.26 Å². The van der Waals surface area contributed by atoms with Gasteiger partial charge in [0.15, 0.2) is 0 Å². The SMILES string of the molecule is COC(=O)c1ccc(CCC(=O)O)c(C#N)c1. The van der Waals surface area contributed by atoms with Gasteiger partial charge in [-0.3, -0.25) is 4.79 Å². The van der Waals surface area contributed by atoms with Gasteiger partial charge in [0.05, 0.1) is 24.3 Å². The Bertz CT molecular complexity index is 488. The maximum absolute atomic E-state index is 11.2. The molecule has 5 heteroatoms. The monoisotopic (exact) mass is 233 g/mol. The van der Waals surface area contributed by atoms with Gasteiger partial charge in [0.25, 0.3) is 0 Å². The van der Waals surface area contributed by atoms with Crippen LogP contribution in [0.2, 0.25) is 0 Å². The fourth-order valence-corrected chi connectivity index (χ4v) is 1.38. The highest BCUT2D eigenvalue weighted by atomic mass is 16.5. The molecule has 0 aliphatic rings. The quantitative estimate of drug-likeness (QED) is 0.793. The first-order valence-corrected chi connectivity index (χ1v) is 4.91. The van der Waals surface area contributed by atoms with Crippen LogP contribution in [-0.2, 0) is 16.0 Å². The molecule has 0 aliphatic heterocycles. The van der Waals surface area contributed by atoms with Gasteiger partial charge in [-0.1, -0.05) is 6.07 Å². The number of carbonyl (C=O) groups excluding carboxylic acids is 1. The highest BCUT2D eigenvalue weighted by Gasteiger charge is 2.10. The van der Waals surface area contributed by atoms with Crippen LogP contribution in [0.4, 0.5) is 0 Å². The zero-order valence-electron chi connectivity index (χ0n) is 9.27. The van der Waals surface area contributed by atoms with Crippen molar-refractivity contribution in [3.63, 3.8) is 0 Å². The highest BCUT2D eigenvalue weighted by molar-refractivity contribution is 5.89. The van der Waals surface area contributed by atoms with Gasteiger partial charge in [0.2, 0.25) is 0 Å². The minimum Gasteiger partial charge on any atom is -0.481 e. The Balaban J connectivity index is 2.98. The molecule has 0 saturated heterocycles. The minimum atomic E-state index is -0.925. The standard InChI is InChI=1S/C12H11NO4/c1-17-12(16)9-3-2-8(4-5-11(14)15)10(6-9)7-13/h2-3,6H,4-5H2,1H3,(H,14,15). The number of carboxylic acid groups (broad SMARTS) is 1. The molecule has 1 aromatic carbocycles. The van der Waals surface area contributed by atoms with Crippen molar-refractivity contribution in [2.75, 3.05) is 7.11 Å². The molecule has 1 aromatic rings. The van der Waals surface area contributed by atoms with E-state index in [0.717, 1.165) is 0 Å². The third-order valence-corrected chi connectivity index (χ3v) is 2.26. The Morgan fingerprint density at radius 1 is 1.47 bits per heavy atom. The number of hydrogen-bond donors (Lipinski definition) is 1. The number of benzene rings is 1. The minimum absolute atomic E-state index is 0.0494. The van der Waals surface area contributed by atoms with Crippen molar-refractivity contribution in [3.05, 3.63) is 34.9 Å². The zero-order valence-corrected chi connectivity index (χ0v) is 9.27. The van der Waals surface area contributed by atoms with Crippen LogP contribution >= 0.6 is 0 Å². The normalized spacial score (nSPS) is 9.41. The Morgan fingerprint density at radius 2 is 2.18 bits per heavy atom. The number of aryl methyl sites for hydroxylation is 1. The molecular weight excluding hydrogens is 222 g/mol. The maximum Gasteiger partial charge on any atom is 0.337 e. The summed E-state index contributed by atoms with van der Waals surface area (Å²) in [5.74, 6) is -1.45. The average Bonchev–Trinajstić information content (AvgIpc) is 2.34. The summed E-state index contributed by atoms with van der Waals surface area (Å²) in [6.45, 7) is 0. The first kappa shape index (κ1) is 12.7. The molecule has 0 unspecified atom stereocenters. The average molecular weight is 233 g/mol. The van der Waals surface area contributed by atoms with Crippen molar-refractivity contribution < 1.29 is 19.4 Å². The third kappa shape index (κ3) is 3.31. The molecule has 17 heavy (non-hydrogen) atoms. The second-order valence-corrected chi connectivity index (χ2v) is 3.37. The number of methoxy groups -OCH3 is 1. The number of carboxylic acids is 1. The molecule has 88 valence electrons. The number of nitriles is 1. The van der Waals surface area contributed by atoms with Crippen molar-refractivity contribution in [2.45, 2.75) is 12.8 Å². The molecule has 0 aromatic heterocycles. The number of ether oxygens (including phenoxy) is 1.